The molecule has 0 radical (unpaired) electrons. The molecule has 1 heterocycles. The van der Waals surface area contributed by atoms with Crippen LogP contribution >= 0.6 is 0 Å². The second-order valence-electron chi connectivity index (χ2n) is 9.20. The highest BCUT2D eigenvalue weighted by Gasteiger charge is 2.68. The average Bonchev–Trinajstić information content (AvgIpc) is 3.16. The highest BCUT2D eigenvalue weighted by atomic mass is 16.6. The zero-order chi connectivity index (χ0) is 26.5. The zero-order valence-corrected chi connectivity index (χ0v) is 20.5. The van der Waals surface area contributed by atoms with Crippen molar-refractivity contribution in [2.24, 2.45) is 0 Å². The van der Waals surface area contributed by atoms with Gasteiger partial charge < -0.3 is 14.2 Å². The van der Waals surface area contributed by atoms with Gasteiger partial charge >= 0.3 is 18.2 Å². The van der Waals surface area contributed by atoms with Gasteiger partial charge in [0.05, 0.1) is 12.7 Å². The van der Waals surface area contributed by atoms with E-state index in [4.69, 9.17) is 14.2 Å². The van der Waals surface area contributed by atoms with Crippen LogP contribution in [0.3, 0.4) is 0 Å². The average molecular weight is 515 g/mol. The number of hydrogen-bond donors (Lipinski definition) is 0. The highest BCUT2D eigenvalue weighted by molar-refractivity contribution is 6.21. The smallest absolute Gasteiger partial charge is 0.425 e. The van der Waals surface area contributed by atoms with Crippen LogP contribution in [0.15, 0.2) is 91.0 Å². The van der Waals surface area contributed by atoms with Gasteiger partial charge in [0.15, 0.2) is 0 Å². The lowest BCUT2D eigenvalue weighted by atomic mass is 9.73. The first-order valence-corrected chi connectivity index (χ1v) is 12.2. The lowest BCUT2D eigenvalue weighted by Gasteiger charge is -2.45. The number of ether oxygens (including phenoxy) is 3. The zero-order valence-electron chi connectivity index (χ0n) is 20.5. The maximum Gasteiger partial charge on any atom is 0.425 e. The van der Waals surface area contributed by atoms with Crippen LogP contribution in [0.1, 0.15) is 29.5 Å². The first-order chi connectivity index (χ1) is 18.5. The van der Waals surface area contributed by atoms with Gasteiger partial charge in [0.2, 0.25) is 0 Å². The molecule has 38 heavy (non-hydrogen) atoms. The van der Waals surface area contributed by atoms with E-state index in [1.165, 1.54) is 0 Å². The predicted octanol–water partition coefficient (Wildman–Crippen LogP) is 5.04. The van der Waals surface area contributed by atoms with Crippen LogP contribution in [-0.4, -0.2) is 45.6 Å². The van der Waals surface area contributed by atoms with E-state index in [-0.39, 0.29) is 26.1 Å². The Morgan fingerprint density at radius 1 is 0.684 bits per heavy atom. The number of nitrogens with zero attached hydrogens (tertiary/aromatic N) is 2. The minimum absolute atomic E-state index is 0.0489. The van der Waals surface area contributed by atoms with E-state index in [0.29, 0.717) is 22.6 Å². The molecule has 9 heteroatoms. The Morgan fingerprint density at radius 2 is 1.13 bits per heavy atom. The summed E-state index contributed by atoms with van der Waals surface area (Å²) in [7, 11) is 0. The van der Waals surface area contributed by atoms with Crippen molar-refractivity contribution in [1.82, 2.24) is 9.80 Å². The summed E-state index contributed by atoms with van der Waals surface area (Å²) in [6.45, 7) is 0.0795. The molecule has 1 spiro atoms. The number of hydrogen-bond acceptors (Lipinski definition) is 7. The van der Waals surface area contributed by atoms with Crippen LogP contribution in [0.2, 0.25) is 0 Å². The van der Waals surface area contributed by atoms with Gasteiger partial charge in [-0.15, -0.1) is 0 Å². The summed E-state index contributed by atoms with van der Waals surface area (Å²) in [4.78, 5) is 53.9. The number of urea groups is 1. The van der Waals surface area contributed by atoms with E-state index in [2.05, 4.69) is 0 Å². The summed E-state index contributed by atoms with van der Waals surface area (Å²) in [5.41, 5.74) is 0.779. The van der Waals surface area contributed by atoms with E-state index in [9.17, 15) is 19.2 Å². The van der Waals surface area contributed by atoms with Crippen LogP contribution in [0.25, 0.3) is 0 Å². The van der Waals surface area contributed by atoms with Crippen LogP contribution in [0.5, 0.6) is 0 Å². The third-order valence-corrected chi connectivity index (χ3v) is 6.65. The molecule has 3 aromatic carbocycles. The monoisotopic (exact) mass is 514 g/mol. The molecule has 1 saturated heterocycles. The van der Waals surface area contributed by atoms with Crippen molar-refractivity contribution >= 4 is 24.1 Å². The summed E-state index contributed by atoms with van der Waals surface area (Å²) < 4.78 is 16.5. The van der Waals surface area contributed by atoms with Gasteiger partial charge in [0.25, 0.3) is 5.91 Å². The van der Waals surface area contributed by atoms with Crippen LogP contribution < -0.4 is 0 Å². The second kappa shape index (κ2) is 10.9. The lowest BCUT2D eigenvalue weighted by molar-refractivity contribution is -0.147. The van der Waals surface area contributed by atoms with Crippen molar-refractivity contribution in [1.29, 1.82) is 0 Å². The number of benzene rings is 3. The summed E-state index contributed by atoms with van der Waals surface area (Å²) in [5.74, 6) is -0.822. The number of imide groups is 4. The molecule has 1 aliphatic heterocycles. The Bertz CT molecular complexity index is 1310. The van der Waals surface area contributed by atoms with Gasteiger partial charge in [-0.1, -0.05) is 91.0 Å². The number of carbonyl (C=O) groups excluding carboxylic acids is 4. The van der Waals surface area contributed by atoms with Crippen molar-refractivity contribution < 1.29 is 33.4 Å². The van der Waals surface area contributed by atoms with Gasteiger partial charge in [0.1, 0.15) is 18.8 Å². The van der Waals surface area contributed by atoms with Gasteiger partial charge in [0, 0.05) is 12.8 Å². The third kappa shape index (κ3) is 5.01. The van der Waals surface area contributed by atoms with Crippen molar-refractivity contribution in [3.8, 4) is 0 Å². The Morgan fingerprint density at radius 3 is 1.63 bits per heavy atom. The van der Waals surface area contributed by atoms with Crippen molar-refractivity contribution in [2.45, 2.75) is 44.3 Å². The van der Waals surface area contributed by atoms with Gasteiger partial charge in [-0.3, -0.25) is 4.79 Å². The molecule has 1 saturated carbocycles. The molecule has 1 aliphatic carbocycles. The molecule has 194 valence electrons. The standard InChI is InChI=1S/C29H26N2O7/c32-25-29(16-24(17-29)36-18-21-10-4-1-5-11-21)31(28(35)38-20-23-14-8-3-9-15-23)26(33)30(25)27(34)37-19-22-12-6-2-7-13-22/h1-15,24H,16-20H2/t24-,29+. The molecule has 0 unspecified atom stereocenters. The Balaban J connectivity index is 1.31. The molecule has 5 amide bonds. The fourth-order valence-electron chi connectivity index (χ4n) is 4.61. The topological polar surface area (TPSA) is 102 Å². The van der Waals surface area contributed by atoms with E-state index >= 15 is 0 Å². The SMILES string of the molecule is O=C(OCc1ccccc1)N1C(=O)N(C(=O)OCc2ccccc2)[C@]2(C[C@@H](OCc3ccccc3)C2)C1=O. The maximum absolute atomic E-state index is 13.5. The fourth-order valence-corrected chi connectivity index (χ4v) is 4.61. The van der Waals surface area contributed by atoms with Crippen molar-refractivity contribution in [3.63, 3.8) is 0 Å². The van der Waals surface area contributed by atoms with Gasteiger partial charge in [-0.25, -0.2) is 19.3 Å². The summed E-state index contributed by atoms with van der Waals surface area (Å²) in [6, 6.07) is 26.2. The molecule has 0 aromatic heterocycles. The summed E-state index contributed by atoms with van der Waals surface area (Å²) in [5, 5.41) is 0. The molecule has 2 fully saturated rings. The molecule has 2 aliphatic rings. The Hall–Kier alpha value is -4.50. The molecular weight excluding hydrogens is 488 g/mol. The first kappa shape index (κ1) is 25.2. The van der Waals surface area contributed by atoms with Crippen LogP contribution in [-0.2, 0) is 38.8 Å². The number of rotatable bonds is 7. The van der Waals surface area contributed by atoms with Gasteiger partial charge in [-0.2, -0.15) is 4.90 Å². The van der Waals surface area contributed by atoms with E-state index in [1.807, 2.05) is 42.5 Å². The highest BCUT2D eigenvalue weighted by Crippen LogP contribution is 2.46. The fraction of sp³-hybridized carbons (Fsp3) is 0.241. The molecule has 9 nitrogen and oxygen atoms in total. The molecule has 5 rings (SSSR count). The number of carbonyl (C=O) groups is 4. The Labute approximate surface area is 219 Å². The van der Waals surface area contributed by atoms with E-state index in [1.54, 1.807) is 48.5 Å². The van der Waals surface area contributed by atoms with Crippen LogP contribution in [0.4, 0.5) is 14.4 Å². The van der Waals surface area contributed by atoms with Gasteiger partial charge in [-0.05, 0) is 16.7 Å². The molecule has 3 aromatic rings. The summed E-state index contributed by atoms with van der Waals surface area (Å²) in [6.07, 6.45) is -2.44. The number of amides is 5. The largest absolute Gasteiger partial charge is 0.444 e. The minimum Gasteiger partial charge on any atom is -0.444 e. The molecule has 0 N–H and O–H groups in total. The second-order valence-corrected chi connectivity index (χ2v) is 9.20. The lowest BCUT2D eigenvalue weighted by Crippen LogP contribution is -2.63. The minimum atomic E-state index is -1.57. The summed E-state index contributed by atoms with van der Waals surface area (Å²) >= 11 is 0. The Kier molecular flexibility index (Phi) is 7.19. The molecule has 0 bridgehead atoms. The quantitative estimate of drug-likeness (QED) is 0.407. The van der Waals surface area contributed by atoms with Crippen molar-refractivity contribution in [2.75, 3.05) is 0 Å². The van der Waals surface area contributed by atoms with E-state index < -0.39 is 35.8 Å². The molecule has 0 atom stereocenters. The normalized spacial score (nSPS) is 20.4. The predicted molar refractivity (Wildman–Crippen MR) is 134 cm³/mol. The van der Waals surface area contributed by atoms with E-state index in [0.717, 1.165) is 10.5 Å². The molecular formula is C29H26N2O7. The third-order valence-electron chi connectivity index (χ3n) is 6.65. The van der Waals surface area contributed by atoms with Crippen molar-refractivity contribution in [3.05, 3.63) is 108 Å². The maximum atomic E-state index is 13.5. The first-order valence-electron chi connectivity index (χ1n) is 12.2. The van der Waals surface area contributed by atoms with Crippen LogP contribution in [0, 0.1) is 0 Å².